The summed E-state index contributed by atoms with van der Waals surface area (Å²) in [6, 6.07) is 0. The highest BCUT2D eigenvalue weighted by molar-refractivity contribution is 5.66. The van der Waals surface area contributed by atoms with Crippen molar-refractivity contribution in [3.8, 4) is 0 Å². The number of allylic oxidation sites excluding steroid dienone is 3. The monoisotopic (exact) mass is 168 g/mol. The third kappa shape index (κ3) is 3.03. The van der Waals surface area contributed by atoms with Gasteiger partial charge in [0.05, 0.1) is 11.4 Å². The van der Waals surface area contributed by atoms with Gasteiger partial charge in [-0.2, -0.15) is 0 Å². The Labute approximate surface area is 71.0 Å². The fourth-order valence-corrected chi connectivity index (χ4v) is 0.680. The highest BCUT2D eigenvalue weighted by Gasteiger charge is 1.98. The van der Waals surface area contributed by atoms with Gasteiger partial charge in [0.1, 0.15) is 6.29 Å². The van der Waals surface area contributed by atoms with Crippen molar-refractivity contribution in [2.24, 2.45) is 5.73 Å². The van der Waals surface area contributed by atoms with Gasteiger partial charge in [-0.15, -0.1) is 0 Å². The Morgan fingerprint density at radius 1 is 1.67 bits per heavy atom. The molecule has 0 aromatic heterocycles. The van der Waals surface area contributed by atoms with E-state index in [4.69, 9.17) is 10.9 Å². The van der Waals surface area contributed by atoms with Crippen molar-refractivity contribution in [1.29, 1.82) is 0 Å². The predicted octanol–water partition coefficient (Wildman–Crippen LogP) is 0.467. The maximum atomic E-state index is 9.94. The van der Waals surface area contributed by atoms with Crippen LogP contribution in [0.2, 0.25) is 0 Å². The molecular formula is C8H12N2O2. The summed E-state index contributed by atoms with van der Waals surface area (Å²) in [4.78, 5) is 9.94. The second-order valence-corrected chi connectivity index (χ2v) is 2.19. The van der Waals surface area contributed by atoms with Gasteiger partial charge in [-0.05, 0) is 18.6 Å². The van der Waals surface area contributed by atoms with Gasteiger partial charge >= 0.3 is 0 Å². The quantitative estimate of drug-likeness (QED) is 0.247. The highest BCUT2D eigenvalue weighted by Crippen LogP contribution is 2.05. The molecule has 4 N–H and O–H groups in total. The van der Waals surface area contributed by atoms with Gasteiger partial charge in [0.25, 0.3) is 0 Å². The summed E-state index contributed by atoms with van der Waals surface area (Å²) in [7, 11) is 0. The van der Waals surface area contributed by atoms with E-state index >= 15 is 0 Å². The lowest BCUT2D eigenvalue weighted by Gasteiger charge is -2.06. The molecule has 0 unspecified atom stereocenters. The molecule has 66 valence electrons. The van der Waals surface area contributed by atoms with Crippen LogP contribution in [0.5, 0.6) is 0 Å². The van der Waals surface area contributed by atoms with Gasteiger partial charge in [-0.3, -0.25) is 15.5 Å². The first-order valence-corrected chi connectivity index (χ1v) is 3.31. The van der Waals surface area contributed by atoms with Crippen LogP contribution in [0.15, 0.2) is 35.7 Å². The molecule has 0 aliphatic carbocycles. The van der Waals surface area contributed by atoms with Crippen LogP contribution < -0.4 is 11.2 Å². The molecule has 0 fully saturated rings. The Morgan fingerprint density at radius 2 is 2.25 bits per heavy atom. The molecule has 0 atom stereocenters. The Morgan fingerprint density at radius 3 is 2.58 bits per heavy atom. The number of rotatable bonds is 4. The number of aldehydes is 1. The van der Waals surface area contributed by atoms with Crippen molar-refractivity contribution >= 4 is 6.29 Å². The van der Waals surface area contributed by atoms with Crippen molar-refractivity contribution in [1.82, 2.24) is 5.48 Å². The van der Waals surface area contributed by atoms with Crippen molar-refractivity contribution in [3.05, 3.63) is 35.7 Å². The fourth-order valence-electron chi connectivity index (χ4n) is 0.680. The van der Waals surface area contributed by atoms with Crippen LogP contribution >= 0.6 is 0 Å². The first kappa shape index (κ1) is 10.4. The Kier molecular flexibility index (Phi) is 4.48. The van der Waals surface area contributed by atoms with E-state index in [9.17, 15) is 4.79 Å². The van der Waals surface area contributed by atoms with Gasteiger partial charge in [0, 0.05) is 0 Å². The Hall–Kier alpha value is -1.55. The van der Waals surface area contributed by atoms with Crippen LogP contribution in [0.1, 0.15) is 6.92 Å². The smallest absolute Gasteiger partial charge is 0.142 e. The fraction of sp³-hybridized carbons (Fsp3) is 0.125. The average molecular weight is 168 g/mol. The minimum absolute atomic E-state index is 0.213. The molecule has 0 aromatic carbocycles. The maximum Gasteiger partial charge on any atom is 0.142 e. The van der Waals surface area contributed by atoms with Gasteiger partial charge in [0.2, 0.25) is 0 Å². The Balaban J connectivity index is 4.71. The summed E-state index contributed by atoms with van der Waals surface area (Å²) in [6.45, 7) is 5.12. The van der Waals surface area contributed by atoms with E-state index in [1.54, 1.807) is 6.92 Å². The molecule has 0 amide bonds. The lowest BCUT2D eigenvalue weighted by molar-refractivity contribution is -0.104. The van der Waals surface area contributed by atoms with E-state index in [0.29, 0.717) is 17.6 Å². The summed E-state index contributed by atoms with van der Waals surface area (Å²) in [6.07, 6.45) is 3.46. The molecule has 0 spiro atoms. The van der Waals surface area contributed by atoms with E-state index in [-0.39, 0.29) is 5.70 Å². The number of carbonyl (C=O) groups excluding carboxylic acids is 1. The number of carbonyl (C=O) groups is 1. The third-order valence-electron chi connectivity index (χ3n) is 1.25. The molecular weight excluding hydrogens is 156 g/mol. The summed E-state index contributed by atoms with van der Waals surface area (Å²) < 4.78 is 0. The molecule has 0 aromatic rings. The summed E-state index contributed by atoms with van der Waals surface area (Å²) >= 11 is 0. The molecule has 0 heterocycles. The summed E-state index contributed by atoms with van der Waals surface area (Å²) in [5.41, 5.74) is 8.38. The Bertz CT molecular complexity index is 241. The van der Waals surface area contributed by atoms with Crippen molar-refractivity contribution in [2.75, 3.05) is 0 Å². The highest BCUT2D eigenvalue weighted by atomic mass is 16.5. The van der Waals surface area contributed by atoms with Crippen LogP contribution in [0.25, 0.3) is 0 Å². The van der Waals surface area contributed by atoms with E-state index in [2.05, 4.69) is 6.58 Å². The van der Waals surface area contributed by atoms with E-state index in [1.165, 1.54) is 12.2 Å². The van der Waals surface area contributed by atoms with Crippen molar-refractivity contribution < 1.29 is 10.0 Å². The predicted molar refractivity (Wildman–Crippen MR) is 46.2 cm³/mol. The topological polar surface area (TPSA) is 75.3 Å². The van der Waals surface area contributed by atoms with Gasteiger partial charge < -0.3 is 5.73 Å². The van der Waals surface area contributed by atoms with Crippen LogP contribution in [-0.2, 0) is 4.79 Å². The van der Waals surface area contributed by atoms with Gasteiger partial charge in [0.15, 0.2) is 0 Å². The van der Waals surface area contributed by atoms with E-state index < -0.39 is 0 Å². The van der Waals surface area contributed by atoms with E-state index in [0.717, 1.165) is 0 Å². The number of hydroxylamine groups is 1. The molecule has 0 rings (SSSR count). The molecule has 0 saturated carbocycles. The standard InChI is InChI=1S/C8H12N2O2/c1-6(4-3-5-11)8(10-12)7(2)9/h3-5,10,12H,2,9H2,1H3. The van der Waals surface area contributed by atoms with Gasteiger partial charge in [-0.25, -0.2) is 0 Å². The molecule has 0 saturated heterocycles. The zero-order chi connectivity index (χ0) is 9.56. The molecule has 0 bridgehead atoms. The maximum absolute atomic E-state index is 9.94. The third-order valence-corrected chi connectivity index (χ3v) is 1.25. The van der Waals surface area contributed by atoms with Crippen molar-refractivity contribution in [3.63, 3.8) is 0 Å². The molecule has 0 radical (unpaired) electrons. The summed E-state index contributed by atoms with van der Waals surface area (Å²) in [5, 5.41) is 8.60. The summed E-state index contributed by atoms with van der Waals surface area (Å²) in [5.74, 6) is 0. The second-order valence-electron chi connectivity index (χ2n) is 2.19. The minimum atomic E-state index is 0.213. The normalized spacial score (nSPS) is 12.5. The number of nitrogens with two attached hydrogens (primary N) is 1. The van der Waals surface area contributed by atoms with Crippen LogP contribution in [-0.4, -0.2) is 11.5 Å². The largest absolute Gasteiger partial charge is 0.397 e. The number of hydrogen-bond acceptors (Lipinski definition) is 4. The van der Waals surface area contributed by atoms with Gasteiger partial charge in [-0.1, -0.05) is 12.7 Å². The van der Waals surface area contributed by atoms with Crippen LogP contribution in [0.3, 0.4) is 0 Å². The molecule has 0 aliphatic heterocycles. The minimum Gasteiger partial charge on any atom is -0.397 e. The number of nitrogens with one attached hydrogen (secondary N) is 1. The SMILES string of the molecule is C=C(N)C(NO)=C(C)C=CC=O. The molecule has 4 nitrogen and oxygen atoms in total. The molecule has 12 heavy (non-hydrogen) atoms. The zero-order valence-corrected chi connectivity index (χ0v) is 6.87. The van der Waals surface area contributed by atoms with Crippen LogP contribution in [0.4, 0.5) is 0 Å². The molecule has 4 heteroatoms. The van der Waals surface area contributed by atoms with E-state index in [1.807, 2.05) is 5.48 Å². The number of hydrogen-bond donors (Lipinski definition) is 3. The van der Waals surface area contributed by atoms with Crippen LogP contribution in [0, 0.1) is 0 Å². The average Bonchev–Trinajstić information content (AvgIpc) is 2.01. The zero-order valence-electron chi connectivity index (χ0n) is 6.87. The first-order chi connectivity index (χ1) is 5.63. The molecule has 0 aliphatic rings. The van der Waals surface area contributed by atoms with Crippen molar-refractivity contribution in [2.45, 2.75) is 6.92 Å². The first-order valence-electron chi connectivity index (χ1n) is 3.31. The lowest BCUT2D eigenvalue weighted by Crippen LogP contribution is -2.15. The second kappa shape index (κ2) is 5.15. The lowest BCUT2D eigenvalue weighted by atomic mass is 10.2.